The summed E-state index contributed by atoms with van der Waals surface area (Å²) in [5, 5.41) is 7.60. The fourth-order valence-electron chi connectivity index (χ4n) is 2.58. The minimum Gasteiger partial charge on any atom is -0.344 e. The molecule has 3 nitrogen and oxygen atoms in total. The van der Waals surface area contributed by atoms with Crippen LogP contribution in [0.3, 0.4) is 0 Å². The maximum atomic E-state index is 5.43. The van der Waals surface area contributed by atoms with Crippen LogP contribution in [0.4, 0.5) is 5.69 Å². The summed E-state index contributed by atoms with van der Waals surface area (Å²) in [6, 6.07) is 8.40. The molecule has 2 N–H and O–H groups in total. The standard InChI is InChI=1S/C13H17N3S/c17-13-15-12-4-2-1-3-11(12)9-16(13)8-10-5-6-14-7-10/h1-4,10,14H,5-9H2,(H,15,17)/t10-/m1/s1. The van der Waals surface area contributed by atoms with Crippen LogP contribution in [0.15, 0.2) is 24.3 Å². The molecule has 3 rings (SSSR count). The number of para-hydroxylation sites is 1. The maximum Gasteiger partial charge on any atom is 0.173 e. The molecule has 2 aliphatic rings. The van der Waals surface area contributed by atoms with Crippen LogP contribution in [0.5, 0.6) is 0 Å². The molecule has 1 fully saturated rings. The second-order valence-electron chi connectivity index (χ2n) is 4.83. The van der Waals surface area contributed by atoms with E-state index in [0.29, 0.717) is 0 Å². The monoisotopic (exact) mass is 247 g/mol. The van der Waals surface area contributed by atoms with Crippen molar-refractivity contribution in [2.24, 2.45) is 5.92 Å². The highest BCUT2D eigenvalue weighted by Gasteiger charge is 2.23. The van der Waals surface area contributed by atoms with Gasteiger partial charge in [-0.2, -0.15) is 0 Å². The van der Waals surface area contributed by atoms with E-state index >= 15 is 0 Å². The van der Waals surface area contributed by atoms with Gasteiger partial charge in [-0.05, 0) is 49.3 Å². The summed E-state index contributed by atoms with van der Waals surface area (Å²) in [5.74, 6) is 0.736. The first-order valence-corrected chi connectivity index (χ1v) is 6.58. The molecule has 17 heavy (non-hydrogen) atoms. The molecule has 1 atom stereocenters. The number of benzene rings is 1. The molecule has 0 aromatic heterocycles. The predicted octanol–water partition coefficient (Wildman–Crippen LogP) is 1.81. The van der Waals surface area contributed by atoms with Gasteiger partial charge in [-0.15, -0.1) is 0 Å². The van der Waals surface area contributed by atoms with Gasteiger partial charge in [0.15, 0.2) is 5.11 Å². The van der Waals surface area contributed by atoms with Crippen molar-refractivity contribution in [3.05, 3.63) is 29.8 Å². The van der Waals surface area contributed by atoms with Crippen molar-refractivity contribution in [2.75, 3.05) is 25.0 Å². The lowest BCUT2D eigenvalue weighted by Crippen LogP contribution is -2.41. The summed E-state index contributed by atoms with van der Waals surface area (Å²) in [4.78, 5) is 2.29. The lowest BCUT2D eigenvalue weighted by Gasteiger charge is -2.33. The van der Waals surface area contributed by atoms with E-state index in [-0.39, 0.29) is 0 Å². The van der Waals surface area contributed by atoms with Gasteiger partial charge in [-0.1, -0.05) is 18.2 Å². The zero-order valence-electron chi connectivity index (χ0n) is 9.78. The third kappa shape index (κ3) is 2.28. The third-order valence-electron chi connectivity index (χ3n) is 3.55. The Morgan fingerprint density at radius 2 is 2.24 bits per heavy atom. The van der Waals surface area contributed by atoms with Gasteiger partial charge in [0.1, 0.15) is 0 Å². The summed E-state index contributed by atoms with van der Waals surface area (Å²) >= 11 is 5.43. The van der Waals surface area contributed by atoms with Crippen molar-refractivity contribution in [3.63, 3.8) is 0 Å². The van der Waals surface area contributed by atoms with Crippen LogP contribution < -0.4 is 10.6 Å². The van der Waals surface area contributed by atoms with E-state index in [1.54, 1.807) is 0 Å². The molecule has 0 amide bonds. The van der Waals surface area contributed by atoms with Crippen LogP contribution >= 0.6 is 12.2 Å². The van der Waals surface area contributed by atoms with Crippen molar-refractivity contribution in [1.29, 1.82) is 0 Å². The Morgan fingerprint density at radius 3 is 3.06 bits per heavy atom. The summed E-state index contributed by atoms with van der Waals surface area (Å²) < 4.78 is 0. The van der Waals surface area contributed by atoms with Crippen LogP contribution in [0.25, 0.3) is 0 Å². The number of thiocarbonyl (C=S) groups is 1. The quantitative estimate of drug-likeness (QED) is 0.780. The lowest BCUT2D eigenvalue weighted by molar-refractivity contribution is 0.346. The smallest absolute Gasteiger partial charge is 0.173 e. The highest BCUT2D eigenvalue weighted by molar-refractivity contribution is 7.80. The normalized spacial score (nSPS) is 23.4. The highest BCUT2D eigenvalue weighted by atomic mass is 32.1. The van der Waals surface area contributed by atoms with E-state index in [0.717, 1.165) is 37.2 Å². The van der Waals surface area contributed by atoms with Crippen molar-refractivity contribution < 1.29 is 0 Å². The van der Waals surface area contributed by atoms with Crippen molar-refractivity contribution in [2.45, 2.75) is 13.0 Å². The zero-order chi connectivity index (χ0) is 11.7. The summed E-state index contributed by atoms with van der Waals surface area (Å²) in [6.45, 7) is 4.28. The van der Waals surface area contributed by atoms with Crippen LogP contribution in [-0.2, 0) is 6.54 Å². The van der Waals surface area contributed by atoms with Gasteiger partial charge in [0.2, 0.25) is 0 Å². The topological polar surface area (TPSA) is 27.3 Å². The molecule has 90 valence electrons. The molecule has 0 saturated carbocycles. The Hall–Kier alpha value is -1.13. The van der Waals surface area contributed by atoms with Gasteiger partial charge >= 0.3 is 0 Å². The highest BCUT2D eigenvalue weighted by Crippen LogP contribution is 2.24. The van der Waals surface area contributed by atoms with Gasteiger partial charge in [-0.25, -0.2) is 0 Å². The summed E-state index contributed by atoms with van der Waals surface area (Å²) in [6.07, 6.45) is 1.26. The Balaban J connectivity index is 1.72. The minimum atomic E-state index is 0.736. The second kappa shape index (κ2) is 4.63. The predicted molar refractivity (Wildman–Crippen MR) is 74.0 cm³/mol. The Morgan fingerprint density at radius 1 is 1.35 bits per heavy atom. The number of fused-ring (bicyclic) bond motifs is 1. The first-order valence-electron chi connectivity index (χ1n) is 6.17. The fraction of sp³-hybridized carbons (Fsp3) is 0.462. The summed E-state index contributed by atoms with van der Waals surface area (Å²) in [5.41, 5.74) is 2.50. The van der Waals surface area contributed by atoms with Gasteiger partial charge in [-0.3, -0.25) is 0 Å². The SMILES string of the molecule is S=C1Nc2ccccc2CN1C[C@@H]1CCNC1. The van der Waals surface area contributed by atoms with E-state index < -0.39 is 0 Å². The van der Waals surface area contributed by atoms with Crippen molar-refractivity contribution in [1.82, 2.24) is 10.2 Å². The average molecular weight is 247 g/mol. The number of nitrogens with zero attached hydrogens (tertiary/aromatic N) is 1. The van der Waals surface area contributed by atoms with E-state index in [4.69, 9.17) is 12.2 Å². The molecule has 4 heteroatoms. The Bertz CT molecular complexity index is 426. The molecular weight excluding hydrogens is 230 g/mol. The number of hydrogen-bond acceptors (Lipinski definition) is 2. The molecule has 2 heterocycles. The van der Waals surface area contributed by atoms with Crippen molar-refractivity contribution in [3.8, 4) is 0 Å². The molecule has 0 aliphatic carbocycles. The molecule has 0 unspecified atom stereocenters. The molecule has 2 aliphatic heterocycles. The van der Waals surface area contributed by atoms with Crippen LogP contribution in [0.1, 0.15) is 12.0 Å². The van der Waals surface area contributed by atoms with E-state index in [2.05, 4.69) is 33.7 Å². The van der Waals surface area contributed by atoms with Gasteiger partial charge in [0.25, 0.3) is 0 Å². The number of anilines is 1. The second-order valence-corrected chi connectivity index (χ2v) is 5.21. The zero-order valence-corrected chi connectivity index (χ0v) is 10.6. The largest absolute Gasteiger partial charge is 0.344 e. The molecule has 0 bridgehead atoms. The molecule has 1 aromatic carbocycles. The first-order chi connectivity index (χ1) is 8.33. The Labute approximate surface area is 107 Å². The Kier molecular flexibility index (Phi) is 2.99. The van der Waals surface area contributed by atoms with Gasteiger partial charge in [0, 0.05) is 18.8 Å². The van der Waals surface area contributed by atoms with Crippen LogP contribution in [0.2, 0.25) is 0 Å². The number of nitrogens with one attached hydrogen (secondary N) is 2. The molecule has 0 radical (unpaired) electrons. The number of hydrogen-bond donors (Lipinski definition) is 2. The number of rotatable bonds is 2. The third-order valence-corrected chi connectivity index (χ3v) is 3.91. The van der Waals surface area contributed by atoms with E-state index in [9.17, 15) is 0 Å². The first kappa shape index (κ1) is 11.0. The van der Waals surface area contributed by atoms with Crippen LogP contribution in [0, 0.1) is 5.92 Å². The lowest BCUT2D eigenvalue weighted by atomic mass is 10.1. The summed E-state index contributed by atoms with van der Waals surface area (Å²) in [7, 11) is 0. The van der Waals surface area contributed by atoms with E-state index in [1.807, 2.05) is 6.07 Å². The molecule has 1 aromatic rings. The minimum absolute atomic E-state index is 0.736. The average Bonchev–Trinajstić information content (AvgIpc) is 2.83. The fourth-order valence-corrected chi connectivity index (χ4v) is 2.83. The van der Waals surface area contributed by atoms with Gasteiger partial charge < -0.3 is 15.5 Å². The van der Waals surface area contributed by atoms with Crippen molar-refractivity contribution >= 4 is 23.0 Å². The molecule has 0 spiro atoms. The van der Waals surface area contributed by atoms with Crippen LogP contribution in [-0.4, -0.2) is 29.6 Å². The van der Waals surface area contributed by atoms with E-state index in [1.165, 1.54) is 17.7 Å². The molecule has 1 saturated heterocycles. The van der Waals surface area contributed by atoms with Gasteiger partial charge in [0.05, 0.1) is 0 Å². The molecular formula is C13H17N3S. The maximum absolute atomic E-state index is 5.43.